The van der Waals surface area contributed by atoms with Gasteiger partial charge in [0.15, 0.2) is 4.34 Å². The first-order valence-corrected chi connectivity index (χ1v) is 15.6. The van der Waals surface area contributed by atoms with Gasteiger partial charge in [-0.25, -0.2) is 0 Å². The highest BCUT2D eigenvalue weighted by molar-refractivity contribution is 8.00. The van der Waals surface area contributed by atoms with Gasteiger partial charge in [0.25, 0.3) is 5.78 Å². The SMILES string of the molecule is CCCCOc1ccc(C(O)=C2C(=O)C(=O)N(c3nnc(SCc4ccccc4)s3)[C@H]2c2ccc(OCC)cc2)cc1. The Labute approximate surface area is 253 Å². The van der Waals surface area contributed by atoms with Gasteiger partial charge in [0, 0.05) is 11.3 Å². The number of aliphatic hydroxyl groups excluding tert-OH is 1. The number of hydrogen-bond acceptors (Lipinski definition) is 9. The average Bonchev–Trinajstić information content (AvgIpc) is 3.59. The average molecular weight is 602 g/mol. The van der Waals surface area contributed by atoms with E-state index in [-0.39, 0.29) is 16.5 Å². The van der Waals surface area contributed by atoms with Crippen LogP contribution in [0.1, 0.15) is 49.4 Å². The fourth-order valence-electron chi connectivity index (χ4n) is 4.53. The van der Waals surface area contributed by atoms with E-state index in [2.05, 4.69) is 17.1 Å². The predicted octanol–water partition coefficient (Wildman–Crippen LogP) is 7.03. The Morgan fingerprint density at radius 1 is 0.929 bits per heavy atom. The molecule has 8 nitrogen and oxygen atoms in total. The van der Waals surface area contributed by atoms with Gasteiger partial charge in [0.2, 0.25) is 5.13 Å². The number of aliphatic hydroxyl groups is 1. The van der Waals surface area contributed by atoms with Crippen molar-refractivity contribution in [3.8, 4) is 11.5 Å². The summed E-state index contributed by atoms with van der Waals surface area (Å²) in [6.45, 7) is 5.08. The molecule has 1 aliphatic rings. The van der Waals surface area contributed by atoms with Gasteiger partial charge in [-0.05, 0) is 60.9 Å². The molecule has 1 amide bonds. The molecule has 5 rings (SSSR count). The molecule has 1 aliphatic heterocycles. The lowest BCUT2D eigenvalue weighted by atomic mass is 9.95. The summed E-state index contributed by atoms with van der Waals surface area (Å²) in [5.74, 6) is 0.187. The summed E-state index contributed by atoms with van der Waals surface area (Å²) >= 11 is 2.74. The molecule has 0 saturated carbocycles. The van der Waals surface area contributed by atoms with Crippen LogP contribution in [0.4, 0.5) is 5.13 Å². The van der Waals surface area contributed by atoms with Gasteiger partial charge in [-0.2, -0.15) is 0 Å². The molecular formula is C32H31N3O5S2. The van der Waals surface area contributed by atoms with Crippen molar-refractivity contribution in [3.05, 3.63) is 101 Å². The highest BCUT2D eigenvalue weighted by Crippen LogP contribution is 2.44. The third-order valence-electron chi connectivity index (χ3n) is 6.65. The minimum absolute atomic E-state index is 0.0162. The van der Waals surface area contributed by atoms with E-state index < -0.39 is 17.7 Å². The van der Waals surface area contributed by atoms with Gasteiger partial charge < -0.3 is 14.6 Å². The molecular weight excluding hydrogens is 571 g/mol. The molecule has 10 heteroatoms. The van der Waals surface area contributed by atoms with E-state index in [4.69, 9.17) is 9.47 Å². The van der Waals surface area contributed by atoms with Gasteiger partial charge in [-0.15, -0.1) is 10.2 Å². The third-order valence-corrected chi connectivity index (χ3v) is 8.78. The molecule has 1 atom stereocenters. The summed E-state index contributed by atoms with van der Waals surface area (Å²) in [5, 5.41) is 20.3. The summed E-state index contributed by atoms with van der Waals surface area (Å²) in [6.07, 6.45) is 1.96. The standard InChI is InChI=1S/C32H31N3O5S2/c1-3-5-19-40-25-17-13-23(14-18-25)28(36)26-27(22-11-15-24(16-12-22)39-4-2)35(30(38)29(26)37)31-33-34-32(42-31)41-20-21-9-7-6-8-10-21/h6-18,27,36H,3-5,19-20H2,1-2H3/t27-/m0/s1. The summed E-state index contributed by atoms with van der Waals surface area (Å²) in [7, 11) is 0. The number of amides is 1. The largest absolute Gasteiger partial charge is 0.507 e. The van der Waals surface area contributed by atoms with Crippen LogP contribution in [0.15, 0.2) is 88.8 Å². The lowest BCUT2D eigenvalue weighted by Crippen LogP contribution is -2.29. The van der Waals surface area contributed by atoms with Crippen LogP contribution in [0.2, 0.25) is 0 Å². The lowest BCUT2D eigenvalue weighted by molar-refractivity contribution is -0.132. The van der Waals surface area contributed by atoms with Crippen molar-refractivity contribution in [1.29, 1.82) is 0 Å². The summed E-state index contributed by atoms with van der Waals surface area (Å²) in [4.78, 5) is 28.4. The maximum atomic E-state index is 13.5. The molecule has 216 valence electrons. The third kappa shape index (κ3) is 6.50. The van der Waals surface area contributed by atoms with Crippen LogP contribution in [-0.4, -0.2) is 40.2 Å². The second kappa shape index (κ2) is 13.7. The molecule has 42 heavy (non-hydrogen) atoms. The highest BCUT2D eigenvalue weighted by atomic mass is 32.2. The van der Waals surface area contributed by atoms with E-state index in [9.17, 15) is 14.7 Å². The number of unbranched alkanes of at least 4 members (excludes halogenated alkanes) is 1. The molecule has 4 aromatic rings. The Morgan fingerprint density at radius 2 is 1.62 bits per heavy atom. The number of rotatable bonds is 12. The molecule has 1 aromatic heterocycles. The first-order valence-electron chi connectivity index (χ1n) is 13.8. The Hall–Kier alpha value is -4.15. The zero-order valence-electron chi connectivity index (χ0n) is 23.4. The normalized spacial score (nSPS) is 16.1. The van der Waals surface area contributed by atoms with Crippen molar-refractivity contribution in [3.63, 3.8) is 0 Å². The maximum absolute atomic E-state index is 13.5. The number of carbonyl (C=O) groups is 2. The monoisotopic (exact) mass is 601 g/mol. The Morgan fingerprint density at radius 3 is 2.31 bits per heavy atom. The fourth-order valence-corrected chi connectivity index (χ4v) is 6.36. The van der Waals surface area contributed by atoms with Gasteiger partial charge in [0.05, 0.1) is 24.8 Å². The lowest BCUT2D eigenvalue weighted by Gasteiger charge is -2.22. The van der Waals surface area contributed by atoms with Crippen molar-refractivity contribution in [1.82, 2.24) is 10.2 Å². The minimum atomic E-state index is -0.902. The number of hydrogen-bond donors (Lipinski definition) is 1. The number of benzene rings is 3. The minimum Gasteiger partial charge on any atom is -0.507 e. The first-order chi connectivity index (χ1) is 20.5. The van der Waals surface area contributed by atoms with Crippen LogP contribution in [0, 0.1) is 0 Å². The fraction of sp³-hybridized carbons (Fsp3) is 0.250. The quantitative estimate of drug-likeness (QED) is 0.0461. The van der Waals surface area contributed by atoms with Crippen LogP contribution < -0.4 is 14.4 Å². The Kier molecular flexibility index (Phi) is 9.55. The molecule has 0 spiro atoms. The van der Waals surface area contributed by atoms with E-state index in [1.54, 1.807) is 48.5 Å². The molecule has 0 bridgehead atoms. The predicted molar refractivity (Wildman–Crippen MR) is 165 cm³/mol. The van der Waals surface area contributed by atoms with E-state index in [0.29, 0.717) is 45.9 Å². The van der Waals surface area contributed by atoms with E-state index in [1.807, 2.05) is 37.3 Å². The van der Waals surface area contributed by atoms with Crippen LogP contribution in [0.25, 0.3) is 5.76 Å². The second-order valence-electron chi connectivity index (χ2n) is 9.52. The van der Waals surface area contributed by atoms with Crippen molar-refractivity contribution in [2.45, 2.75) is 42.8 Å². The number of anilines is 1. The van der Waals surface area contributed by atoms with Crippen LogP contribution in [0.3, 0.4) is 0 Å². The number of thioether (sulfide) groups is 1. The molecule has 2 heterocycles. The molecule has 0 aliphatic carbocycles. The molecule has 1 N–H and O–H groups in total. The molecule has 0 unspecified atom stereocenters. The van der Waals surface area contributed by atoms with Crippen molar-refractivity contribution < 1.29 is 24.2 Å². The van der Waals surface area contributed by atoms with Crippen LogP contribution in [-0.2, 0) is 15.3 Å². The Bertz CT molecular complexity index is 1550. The number of Topliss-reactive ketones (excluding diaryl/α,β-unsaturated/α-hetero) is 1. The molecule has 1 fully saturated rings. The van der Waals surface area contributed by atoms with E-state index in [0.717, 1.165) is 18.4 Å². The number of ether oxygens (including phenoxy) is 2. The first kappa shape index (κ1) is 29.3. The number of aromatic nitrogens is 2. The number of carbonyl (C=O) groups excluding carboxylic acids is 2. The Balaban J connectivity index is 1.50. The molecule has 3 aromatic carbocycles. The number of nitrogens with zero attached hydrogens (tertiary/aromatic N) is 3. The van der Waals surface area contributed by atoms with Crippen LogP contribution >= 0.6 is 23.1 Å². The molecule has 1 saturated heterocycles. The van der Waals surface area contributed by atoms with E-state index >= 15 is 0 Å². The summed E-state index contributed by atoms with van der Waals surface area (Å²) in [5.41, 5.74) is 2.16. The summed E-state index contributed by atoms with van der Waals surface area (Å²) < 4.78 is 12.0. The highest BCUT2D eigenvalue weighted by Gasteiger charge is 2.48. The zero-order chi connectivity index (χ0) is 29.5. The zero-order valence-corrected chi connectivity index (χ0v) is 25.0. The van der Waals surface area contributed by atoms with Gasteiger partial charge in [0.1, 0.15) is 17.3 Å². The second-order valence-corrected chi connectivity index (χ2v) is 11.7. The molecule has 0 radical (unpaired) electrons. The van der Waals surface area contributed by atoms with E-state index in [1.165, 1.54) is 28.0 Å². The maximum Gasteiger partial charge on any atom is 0.301 e. The smallest absolute Gasteiger partial charge is 0.301 e. The summed E-state index contributed by atoms with van der Waals surface area (Å²) in [6, 6.07) is 23.1. The van der Waals surface area contributed by atoms with Crippen molar-refractivity contribution in [2.24, 2.45) is 0 Å². The van der Waals surface area contributed by atoms with Gasteiger partial charge in [-0.3, -0.25) is 14.5 Å². The topological polar surface area (TPSA) is 102 Å². The van der Waals surface area contributed by atoms with Crippen molar-refractivity contribution in [2.75, 3.05) is 18.1 Å². The van der Waals surface area contributed by atoms with Gasteiger partial charge >= 0.3 is 5.91 Å². The van der Waals surface area contributed by atoms with Crippen molar-refractivity contribution >= 4 is 45.7 Å². The van der Waals surface area contributed by atoms with Crippen LogP contribution in [0.5, 0.6) is 11.5 Å². The number of ketones is 1. The van der Waals surface area contributed by atoms with Gasteiger partial charge in [-0.1, -0.05) is 78.9 Å².